The zero-order valence-corrected chi connectivity index (χ0v) is 12.7. The monoisotopic (exact) mass is 308 g/mol. The van der Waals surface area contributed by atoms with Crippen molar-refractivity contribution >= 4 is 12.0 Å². The second kappa shape index (κ2) is 7.77. The number of ether oxygens (including phenoxy) is 1. The van der Waals surface area contributed by atoms with E-state index < -0.39 is 6.09 Å². The van der Waals surface area contributed by atoms with Gasteiger partial charge < -0.3 is 15.0 Å². The molecule has 0 unspecified atom stereocenters. The minimum absolute atomic E-state index is 0.0276. The highest BCUT2D eigenvalue weighted by atomic mass is 19.1. The number of methoxy groups -OCH3 is 1. The molecule has 0 radical (unpaired) electrons. The summed E-state index contributed by atoms with van der Waals surface area (Å²) in [6, 6.07) is 6.56. The van der Waals surface area contributed by atoms with Gasteiger partial charge in [-0.05, 0) is 30.9 Å². The van der Waals surface area contributed by atoms with E-state index in [9.17, 15) is 14.0 Å². The Bertz CT molecular complexity index is 528. The fraction of sp³-hybridized carbons (Fsp3) is 0.500. The molecule has 0 aliphatic carbocycles. The van der Waals surface area contributed by atoms with Crippen LogP contribution in [0.1, 0.15) is 24.8 Å². The Morgan fingerprint density at radius 1 is 1.32 bits per heavy atom. The lowest BCUT2D eigenvalue weighted by molar-refractivity contribution is -0.132. The van der Waals surface area contributed by atoms with Crippen LogP contribution in [-0.4, -0.2) is 43.1 Å². The lowest BCUT2D eigenvalue weighted by Crippen LogP contribution is -2.46. The summed E-state index contributed by atoms with van der Waals surface area (Å²) < 4.78 is 18.1. The van der Waals surface area contributed by atoms with Crippen molar-refractivity contribution in [1.82, 2.24) is 10.2 Å². The zero-order valence-electron chi connectivity index (χ0n) is 12.7. The Labute approximate surface area is 129 Å². The van der Waals surface area contributed by atoms with E-state index in [-0.39, 0.29) is 17.8 Å². The van der Waals surface area contributed by atoms with Gasteiger partial charge in [0.15, 0.2) is 0 Å². The van der Waals surface area contributed by atoms with Crippen LogP contribution < -0.4 is 5.32 Å². The maximum absolute atomic E-state index is 13.5. The normalized spacial score (nSPS) is 15.5. The first-order valence-electron chi connectivity index (χ1n) is 7.46. The second-order valence-corrected chi connectivity index (χ2v) is 5.38. The Kier molecular flexibility index (Phi) is 5.75. The topological polar surface area (TPSA) is 58.6 Å². The Balaban J connectivity index is 1.76. The molecule has 1 fully saturated rings. The van der Waals surface area contributed by atoms with Gasteiger partial charge in [0.2, 0.25) is 5.91 Å². The Hall–Kier alpha value is -2.11. The standard InChI is InChI=1S/C16H21FN2O3/c1-22-16(21)18-13-8-10-19(11-9-13)15(20)7-6-12-4-2-3-5-14(12)17/h2-5,13H,6-11H2,1H3,(H,18,21). The van der Waals surface area contributed by atoms with Crippen molar-refractivity contribution in [2.45, 2.75) is 31.7 Å². The predicted octanol–water partition coefficient (Wildman–Crippen LogP) is 2.11. The summed E-state index contributed by atoms with van der Waals surface area (Å²) in [6.45, 7) is 1.20. The number of hydrogen-bond donors (Lipinski definition) is 1. The van der Waals surface area contributed by atoms with Crippen molar-refractivity contribution < 1.29 is 18.7 Å². The van der Waals surface area contributed by atoms with Crippen molar-refractivity contribution in [3.63, 3.8) is 0 Å². The molecule has 120 valence electrons. The maximum Gasteiger partial charge on any atom is 0.407 e. The lowest BCUT2D eigenvalue weighted by atomic mass is 10.0. The molecule has 0 atom stereocenters. The van der Waals surface area contributed by atoms with Gasteiger partial charge in [-0.1, -0.05) is 18.2 Å². The second-order valence-electron chi connectivity index (χ2n) is 5.38. The van der Waals surface area contributed by atoms with Crippen LogP contribution >= 0.6 is 0 Å². The summed E-state index contributed by atoms with van der Waals surface area (Å²) in [5.74, 6) is -0.240. The number of halogens is 1. The van der Waals surface area contributed by atoms with E-state index in [1.54, 1.807) is 23.1 Å². The van der Waals surface area contributed by atoms with Crippen molar-refractivity contribution in [1.29, 1.82) is 0 Å². The fourth-order valence-corrected chi connectivity index (χ4v) is 2.60. The largest absolute Gasteiger partial charge is 0.453 e. The van der Waals surface area contributed by atoms with E-state index in [2.05, 4.69) is 10.1 Å². The molecule has 2 rings (SSSR count). The molecule has 0 bridgehead atoms. The number of carbonyl (C=O) groups is 2. The van der Waals surface area contributed by atoms with Gasteiger partial charge in [0, 0.05) is 25.6 Å². The SMILES string of the molecule is COC(=O)NC1CCN(C(=O)CCc2ccccc2F)CC1. The molecular weight excluding hydrogens is 287 g/mol. The first kappa shape index (κ1) is 16.3. The highest BCUT2D eigenvalue weighted by Gasteiger charge is 2.23. The third-order valence-corrected chi connectivity index (χ3v) is 3.92. The zero-order chi connectivity index (χ0) is 15.9. The summed E-state index contributed by atoms with van der Waals surface area (Å²) in [4.78, 5) is 25.1. The van der Waals surface area contributed by atoms with E-state index in [4.69, 9.17) is 0 Å². The molecule has 1 aromatic carbocycles. The predicted molar refractivity (Wildman–Crippen MR) is 79.9 cm³/mol. The van der Waals surface area contributed by atoms with E-state index in [1.807, 2.05) is 0 Å². The number of piperidine rings is 1. The van der Waals surface area contributed by atoms with Crippen LogP contribution in [0.4, 0.5) is 9.18 Å². The van der Waals surface area contributed by atoms with E-state index in [0.717, 1.165) is 0 Å². The maximum atomic E-state index is 13.5. The van der Waals surface area contributed by atoms with Crippen molar-refractivity contribution in [2.75, 3.05) is 20.2 Å². The minimum Gasteiger partial charge on any atom is -0.453 e. The van der Waals surface area contributed by atoms with Gasteiger partial charge in [-0.25, -0.2) is 9.18 Å². The fourth-order valence-electron chi connectivity index (χ4n) is 2.60. The van der Waals surface area contributed by atoms with Crippen LogP contribution in [-0.2, 0) is 16.0 Å². The van der Waals surface area contributed by atoms with Crippen molar-refractivity contribution in [3.8, 4) is 0 Å². The molecule has 1 aromatic rings. The highest BCUT2D eigenvalue weighted by Crippen LogP contribution is 2.14. The number of rotatable bonds is 4. The lowest BCUT2D eigenvalue weighted by Gasteiger charge is -2.32. The number of carbonyl (C=O) groups excluding carboxylic acids is 2. The summed E-state index contributed by atoms with van der Waals surface area (Å²) in [5.41, 5.74) is 0.568. The average molecular weight is 308 g/mol. The molecule has 2 amide bonds. The van der Waals surface area contributed by atoms with Crippen molar-refractivity contribution in [3.05, 3.63) is 35.6 Å². The Morgan fingerprint density at radius 2 is 2.00 bits per heavy atom. The van der Waals surface area contributed by atoms with Crippen LogP contribution in [0.5, 0.6) is 0 Å². The number of nitrogens with zero attached hydrogens (tertiary/aromatic N) is 1. The molecular formula is C16H21FN2O3. The summed E-state index contributed by atoms with van der Waals surface area (Å²) >= 11 is 0. The molecule has 1 aliphatic rings. The first-order valence-corrected chi connectivity index (χ1v) is 7.46. The first-order chi connectivity index (χ1) is 10.6. The third-order valence-electron chi connectivity index (χ3n) is 3.92. The van der Waals surface area contributed by atoms with E-state index >= 15 is 0 Å². The van der Waals surface area contributed by atoms with Crippen LogP contribution in [0.15, 0.2) is 24.3 Å². The van der Waals surface area contributed by atoms with Gasteiger partial charge in [-0.3, -0.25) is 4.79 Å². The van der Waals surface area contributed by atoms with Gasteiger partial charge in [0.1, 0.15) is 5.82 Å². The highest BCUT2D eigenvalue weighted by molar-refractivity contribution is 5.76. The summed E-state index contributed by atoms with van der Waals surface area (Å²) in [5, 5.41) is 2.74. The molecule has 1 heterocycles. The quantitative estimate of drug-likeness (QED) is 0.927. The van der Waals surface area contributed by atoms with Gasteiger partial charge in [-0.2, -0.15) is 0 Å². The molecule has 22 heavy (non-hydrogen) atoms. The number of benzene rings is 1. The third kappa shape index (κ3) is 4.44. The molecule has 0 spiro atoms. The molecule has 5 nitrogen and oxygen atoms in total. The van der Waals surface area contributed by atoms with Gasteiger partial charge in [0.05, 0.1) is 7.11 Å². The van der Waals surface area contributed by atoms with E-state index in [0.29, 0.717) is 44.3 Å². The van der Waals surface area contributed by atoms with Gasteiger partial charge in [-0.15, -0.1) is 0 Å². The summed E-state index contributed by atoms with van der Waals surface area (Å²) in [7, 11) is 1.33. The number of alkyl carbamates (subject to hydrolysis) is 1. The number of amides is 2. The van der Waals surface area contributed by atoms with Gasteiger partial charge >= 0.3 is 6.09 Å². The molecule has 0 saturated carbocycles. The number of hydrogen-bond acceptors (Lipinski definition) is 3. The number of aryl methyl sites for hydroxylation is 1. The smallest absolute Gasteiger partial charge is 0.407 e. The van der Waals surface area contributed by atoms with Crippen LogP contribution in [0.25, 0.3) is 0 Å². The molecule has 0 aromatic heterocycles. The number of nitrogens with one attached hydrogen (secondary N) is 1. The molecule has 6 heteroatoms. The molecule has 1 aliphatic heterocycles. The van der Waals surface area contributed by atoms with E-state index in [1.165, 1.54) is 13.2 Å². The van der Waals surface area contributed by atoms with Crippen LogP contribution in [0.2, 0.25) is 0 Å². The van der Waals surface area contributed by atoms with Crippen LogP contribution in [0.3, 0.4) is 0 Å². The minimum atomic E-state index is -0.440. The molecule has 1 N–H and O–H groups in total. The Morgan fingerprint density at radius 3 is 2.64 bits per heavy atom. The van der Waals surface area contributed by atoms with Gasteiger partial charge in [0.25, 0.3) is 0 Å². The van der Waals surface area contributed by atoms with Crippen molar-refractivity contribution in [2.24, 2.45) is 0 Å². The summed E-state index contributed by atoms with van der Waals surface area (Å²) in [6.07, 6.45) is 1.69. The molecule has 1 saturated heterocycles. The van der Waals surface area contributed by atoms with Crippen LogP contribution in [0, 0.1) is 5.82 Å². The number of likely N-dealkylation sites (tertiary alicyclic amines) is 1. The average Bonchev–Trinajstić information content (AvgIpc) is 2.54.